The predicted molar refractivity (Wildman–Crippen MR) is 97.2 cm³/mol. The van der Waals surface area contributed by atoms with Crippen LogP contribution in [0.3, 0.4) is 0 Å². The number of urea groups is 1. The minimum Gasteiger partial charge on any atom is -0.354 e. The summed E-state index contributed by atoms with van der Waals surface area (Å²) in [4.78, 5) is 29.0. The summed E-state index contributed by atoms with van der Waals surface area (Å²) in [5, 5.41) is 6.03. The molecular weight excluding hydrogens is 316 g/mol. The summed E-state index contributed by atoms with van der Waals surface area (Å²) in [6, 6.07) is 9.44. The number of carbonyl (C=O) groups excluding carboxylic acids is 2. The van der Waals surface area contributed by atoms with Crippen molar-refractivity contribution in [3.63, 3.8) is 0 Å². The van der Waals surface area contributed by atoms with Crippen LogP contribution in [-0.2, 0) is 4.79 Å². The number of rotatable bonds is 4. The summed E-state index contributed by atoms with van der Waals surface area (Å²) < 4.78 is 0. The van der Waals surface area contributed by atoms with E-state index in [2.05, 4.69) is 27.7 Å². The summed E-state index contributed by atoms with van der Waals surface area (Å²) in [5.41, 5.74) is 1.11. The number of likely N-dealkylation sites (tertiary alicyclic amines) is 1. The number of nitrogens with zero attached hydrogens (tertiary/aromatic N) is 2. The third-order valence-electron chi connectivity index (χ3n) is 5.12. The first-order valence-electron chi connectivity index (χ1n) is 9.27. The van der Waals surface area contributed by atoms with E-state index >= 15 is 0 Å². The first kappa shape index (κ1) is 17.7. The quantitative estimate of drug-likeness (QED) is 0.874. The molecule has 1 aromatic carbocycles. The van der Waals surface area contributed by atoms with Crippen molar-refractivity contribution in [1.82, 2.24) is 20.4 Å². The molecule has 2 aliphatic heterocycles. The van der Waals surface area contributed by atoms with Crippen LogP contribution in [0, 0.1) is 0 Å². The Bertz CT molecular complexity index is 586. The largest absolute Gasteiger partial charge is 0.354 e. The van der Waals surface area contributed by atoms with Crippen molar-refractivity contribution in [2.45, 2.75) is 38.3 Å². The Hall–Kier alpha value is -2.08. The fourth-order valence-corrected chi connectivity index (χ4v) is 3.60. The molecule has 6 nitrogen and oxygen atoms in total. The van der Waals surface area contributed by atoms with Crippen molar-refractivity contribution in [3.8, 4) is 0 Å². The van der Waals surface area contributed by atoms with Crippen molar-refractivity contribution >= 4 is 11.9 Å². The van der Waals surface area contributed by atoms with E-state index in [-0.39, 0.29) is 18.0 Å². The van der Waals surface area contributed by atoms with Gasteiger partial charge in [0, 0.05) is 19.6 Å². The van der Waals surface area contributed by atoms with Gasteiger partial charge in [0.25, 0.3) is 0 Å². The molecule has 136 valence electrons. The highest BCUT2D eigenvalue weighted by molar-refractivity contribution is 5.87. The summed E-state index contributed by atoms with van der Waals surface area (Å²) >= 11 is 0. The van der Waals surface area contributed by atoms with Gasteiger partial charge in [-0.1, -0.05) is 30.3 Å². The second kappa shape index (κ2) is 8.34. The monoisotopic (exact) mass is 344 g/mol. The van der Waals surface area contributed by atoms with Crippen LogP contribution in [0.25, 0.3) is 0 Å². The highest BCUT2D eigenvalue weighted by atomic mass is 16.2. The zero-order chi connectivity index (χ0) is 17.6. The van der Waals surface area contributed by atoms with Crippen LogP contribution >= 0.6 is 0 Å². The maximum atomic E-state index is 12.9. The number of hydrogen-bond acceptors (Lipinski definition) is 3. The first-order chi connectivity index (χ1) is 12.1. The molecule has 0 saturated carbocycles. The predicted octanol–water partition coefficient (Wildman–Crippen LogP) is 1.74. The van der Waals surface area contributed by atoms with E-state index in [9.17, 15) is 9.59 Å². The molecule has 0 aromatic heterocycles. The third kappa shape index (κ3) is 4.51. The number of amides is 3. The highest BCUT2D eigenvalue weighted by Crippen LogP contribution is 2.18. The molecule has 2 aliphatic rings. The topological polar surface area (TPSA) is 64.7 Å². The molecule has 6 heteroatoms. The summed E-state index contributed by atoms with van der Waals surface area (Å²) in [7, 11) is 0. The van der Waals surface area contributed by atoms with Gasteiger partial charge in [-0.15, -0.1) is 0 Å². The third-order valence-corrected chi connectivity index (χ3v) is 5.12. The van der Waals surface area contributed by atoms with Crippen LogP contribution in [0.15, 0.2) is 30.3 Å². The Morgan fingerprint density at radius 3 is 2.64 bits per heavy atom. The van der Waals surface area contributed by atoms with E-state index < -0.39 is 6.04 Å². The second-order valence-corrected chi connectivity index (χ2v) is 6.93. The fourth-order valence-electron chi connectivity index (χ4n) is 3.60. The lowest BCUT2D eigenvalue weighted by Crippen LogP contribution is -2.51. The van der Waals surface area contributed by atoms with Crippen LogP contribution in [0.1, 0.15) is 37.8 Å². The van der Waals surface area contributed by atoms with Crippen molar-refractivity contribution in [2.75, 3.05) is 32.7 Å². The van der Waals surface area contributed by atoms with Crippen LogP contribution in [0.2, 0.25) is 0 Å². The molecule has 2 heterocycles. The van der Waals surface area contributed by atoms with Gasteiger partial charge in [-0.05, 0) is 44.8 Å². The zero-order valence-electron chi connectivity index (χ0n) is 14.9. The molecule has 0 spiro atoms. The molecule has 25 heavy (non-hydrogen) atoms. The van der Waals surface area contributed by atoms with Crippen molar-refractivity contribution in [1.29, 1.82) is 0 Å². The summed E-state index contributed by atoms with van der Waals surface area (Å²) in [6.45, 7) is 5.99. The SMILES string of the molecule is C[C@H]1C(=O)NCCCN1C(=O)N[C@H](CN1CCCC1)c1ccccc1. The fraction of sp³-hybridized carbons (Fsp3) is 0.579. The highest BCUT2D eigenvalue weighted by Gasteiger charge is 2.30. The molecule has 0 bridgehead atoms. The molecule has 2 atom stereocenters. The molecule has 1 aromatic rings. The molecule has 3 amide bonds. The minimum atomic E-state index is -0.439. The smallest absolute Gasteiger partial charge is 0.318 e. The summed E-state index contributed by atoms with van der Waals surface area (Å²) in [6.07, 6.45) is 3.23. The number of hydrogen-bond donors (Lipinski definition) is 2. The standard InChI is InChI=1S/C19H28N4O2/c1-15-18(24)20-10-7-13-23(15)19(25)21-17(14-22-11-5-6-12-22)16-8-3-2-4-9-16/h2-4,8-9,15,17H,5-7,10-14H2,1H3,(H,20,24)(H,21,25)/t15-,17+/m0/s1. The van der Waals surface area contributed by atoms with E-state index in [4.69, 9.17) is 0 Å². The van der Waals surface area contributed by atoms with Crippen LogP contribution in [0.5, 0.6) is 0 Å². The van der Waals surface area contributed by atoms with Gasteiger partial charge >= 0.3 is 6.03 Å². The van der Waals surface area contributed by atoms with Gasteiger partial charge in [0.2, 0.25) is 5.91 Å². The Morgan fingerprint density at radius 2 is 1.92 bits per heavy atom. The van der Waals surface area contributed by atoms with Gasteiger partial charge in [-0.2, -0.15) is 0 Å². The normalized spacial score (nSPS) is 23.0. The van der Waals surface area contributed by atoms with Gasteiger partial charge in [0.15, 0.2) is 0 Å². The average molecular weight is 344 g/mol. The zero-order valence-corrected chi connectivity index (χ0v) is 14.9. The Labute approximate surface area is 149 Å². The second-order valence-electron chi connectivity index (χ2n) is 6.93. The molecular formula is C19H28N4O2. The lowest BCUT2D eigenvalue weighted by Gasteiger charge is -2.30. The van der Waals surface area contributed by atoms with E-state index in [0.29, 0.717) is 13.1 Å². The Balaban J connectivity index is 1.72. The minimum absolute atomic E-state index is 0.0645. The molecule has 3 rings (SSSR count). The van der Waals surface area contributed by atoms with Crippen LogP contribution in [0.4, 0.5) is 4.79 Å². The van der Waals surface area contributed by atoms with Gasteiger partial charge in [0.1, 0.15) is 6.04 Å². The number of benzene rings is 1. The molecule has 2 fully saturated rings. The van der Waals surface area contributed by atoms with Crippen molar-refractivity contribution in [3.05, 3.63) is 35.9 Å². The summed E-state index contributed by atoms with van der Waals surface area (Å²) in [5.74, 6) is -0.0801. The van der Waals surface area contributed by atoms with E-state index in [1.807, 2.05) is 18.2 Å². The number of carbonyl (C=O) groups is 2. The first-order valence-corrected chi connectivity index (χ1v) is 9.27. The van der Waals surface area contributed by atoms with Crippen molar-refractivity contribution in [2.24, 2.45) is 0 Å². The molecule has 0 aliphatic carbocycles. The van der Waals surface area contributed by atoms with Gasteiger partial charge in [-0.25, -0.2) is 4.79 Å². The maximum absolute atomic E-state index is 12.9. The van der Waals surface area contributed by atoms with E-state index in [1.165, 1.54) is 12.8 Å². The lowest BCUT2D eigenvalue weighted by atomic mass is 10.1. The lowest BCUT2D eigenvalue weighted by molar-refractivity contribution is -0.124. The van der Waals surface area contributed by atoms with Gasteiger partial charge in [0.05, 0.1) is 6.04 Å². The van der Waals surface area contributed by atoms with Gasteiger partial charge < -0.3 is 20.4 Å². The van der Waals surface area contributed by atoms with Crippen LogP contribution < -0.4 is 10.6 Å². The molecule has 2 saturated heterocycles. The van der Waals surface area contributed by atoms with E-state index in [0.717, 1.165) is 31.6 Å². The maximum Gasteiger partial charge on any atom is 0.318 e. The molecule has 0 unspecified atom stereocenters. The average Bonchev–Trinajstić information content (AvgIpc) is 3.08. The molecule has 2 N–H and O–H groups in total. The van der Waals surface area contributed by atoms with Crippen molar-refractivity contribution < 1.29 is 9.59 Å². The van der Waals surface area contributed by atoms with Gasteiger partial charge in [-0.3, -0.25) is 4.79 Å². The van der Waals surface area contributed by atoms with E-state index in [1.54, 1.807) is 11.8 Å². The Kier molecular flexibility index (Phi) is 5.91. The van der Waals surface area contributed by atoms with Crippen LogP contribution in [-0.4, -0.2) is 60.5 Å². The Morgan fingerprint density at radius 1 is 1.20 bits per heavy atom. The number of nitrogens with one attached hydrogen (secondary N) is 2. The molecule has 0 radical (unpaired) electrons.